The van der Waals surface area contributed by atoms with Crippen LogP contribution in [0.1, 0.15) is 16.7 Å². The number of ether oxygens (including phenoxy) is 1. The van der Waals surface area contributed by atoms with Crippen LogP contribution in [0, 0.1) is 0 Å². The van der Waals surface area contributed by atoms with E-state index in [9.17, 15) is 0 Å². The fraction of sp³-hybridized carbons (Fsp3) is 0.0172. The average molecular weight is 820 g/mol. The van der Waals surface area contributed by atoms with Crippen LogP contribution in [-0.4, -0.2) is 19.5 Å². The van der Waals surface area contributed by atoms with E-state index in [-0.39, 0.29) is 0 Å². The molecule has 0 bridgehead atoms. The highest BCUT2D eigenvalue weighted by atomic mass is 16.5. The van der Waals surface area contributed by atoms with Crippen molar-refractivity contribution in [3.05, 3.63) is 241 Å². The Morgan fingerprint density at radius 2 is 0.906 bits per heavy atom. The molecule has 0 radical (unpaired) electrons. The van der Waals surface area contributed by atoms with Crippen LogP contribution in [0.4, 0.5) is 11.4 Å². The fourth-order valence-corrected chi connectivity index (χ4v) is 10.2. The molecule has 0 saturated carbocycles. The van der Waals surface area contributed by atoms with Crippen molar-refractivity contribution in [2.75, 3.05) is 4.90 Å². The van der Waals surface area contributed by atoms with Crippen LogP contribution in [-0.2, 0) is 5.54 Å². The summed E-state index contributed by atoms with van der Waals surface area (Å²) >= 11 is 0. The quantitative estimate of drug-likeness (QED) is 0.173. The Labute approximate surface area is 370 Å². The van der Waals surface area contributed by atoms with Gasteiger partial charge in [-0.2, -0.15) is 9.97 Å². The van der Waals surface area contributed by atoms with E-state index in [0.29, 0.717) is 17.6 Å². The Hall–Kier alpha value is -8.61. The molecule has 1 aliphatic carbocycles. The summed E-state index contributed by atoms with van der Waals surface area (Å²) in [5, 5.41) is 2.21. The highest BCUT2D eigenvalue weighted by Crippen LogP contribution is 2.62. The first-order chi connectivity index (χ1) is 31.7. The second-order valence-corrected chi connectivity index (χ2v) is 16.4. The van der Waals surface area contributed by atoms with Gasteiger partial charge in [0.05, 0.1) is 16.7 Å². The zero-order valence-corrected chi connectivity index (χ0v) is 34.5. The second-order valence-electron chi connectivity index (χ2n) is 16.4. The molecule has 3 heterocycles. The first kappa shape index (κ1) is 36.1. The number of para-hydroxylation sites is 3. The molecule has 64 heavy (non-hydrogen) atoms. The largest absolute Gasteiger partial charge is 0.455 e. The smallest absolute Gasteiger partial charge is 0.238 e. The molecule has 6 heteroatoms. The molecule has 11 aromatic rings. The first-order valence-electron chi connectivity index (χ1n) is 21.6. The molecule has 1 spiro atoms. The molecule has 13 rings (SSSR count). The van der Waals surface area contributed by atoms with E-state index in [1.54, 1.807) is 0 Å². The summed E-state index contributed by atoms with van der Waals surface area (Å²) in [5.41, 5.74) is 13.3. The van der Waals surface area contributed by atoms with E-state index in [1.807, 2.05) is 60.7 Å². The van der Waals surface area contributed by atoms with Gasteiger partial charge in [-0.3, -0.25) is 4.57 Å². The molecule has 0 saturated heterocycles. The second kappa shape index (κ2) is 14.2. The lowest BCUT2D eigenvalue weighted by atomic mass is 9.78. The number of hydrogen-bond donors (Lipinski definition) is 0. The molecule has 0 unspecified atom stereocenters. The van der Waals surface area contributed by atoms with Crippen molar-refractivity contribution in [2.24, 2.45) is 0 Å². The molecule has 300 valence electrons. The van der Waals surface area contributed by atoms with Gasteiger partial charge in [0.15, 0.2) is 17.4 Å². The van der Waals surface area contributed by atoms with Crippen molar-refractivity contribution in [3.8, 4) is 62.5 Å². The molecule has 2 aromatic heterocycles. The number of hydrogen-bond acceptors (Lipinski definition) is 5. The molecule has 2 aliphatic rings. The first-order valence-corrected chi connectivity index (χ1v) is 21.6. The lowest BCUT2D eigenvalue weighted by Crippen LogP contribution is -2.43. The van der Waals surface area contributed by atoms with Crippen molar-refractivity contribution in [2.45, 2.75) is 5.54 Å². The Bertz CT molecular complexity index is 3500. The summed E-state index contributed by atoms with van der Waals surface area (Å²) in [4.78, 5) is 17.8. The van der Waals surface area contributed by atoms with Crippen molar-refractivity contribution in [1.29, 1.82) is 0 Å². The van der Waals surface area contributed by atoms with Crippen LogP contribution >= 0.6 is 0 Å². The predicted molar refractivity (Wildman–Crippen MR) is 257 cm³/mol. The highest BCUT2D eigenvalue weighted by Gasteiger charge is 2.53. The highest BCUT2D eigenvalue weighted by molar-refractivity contribution is 6.10. The Morgan fingerprint density at radius 1 is 0.375 bits per heavy atom. The minimum absolute atomic E-state index is 0.564. The third kappa shape index (κ3) is 5.36. The Kier molecular flexibility index (Phi) is 8.02. The summed E-state index contributed by atoms with van der Waals surface area (Å²) in [6.07, 6.45) is 0. The van der Waals surface area contributed by atoms with Gasteiger partial charge in [0.1, 0.15) is 11.3 Å². The maximum atomic E-state index is 7.18. The van der Waals surface area contributed by atoms with Crippen LogP contribution in [0.5, 0.6) is 11.5 Å². The Balaban J connectivity index is 1.01. The van der Waals surface area contributed by atoms with E-state index in [0.717, 1.165) is 72.5 Å². The fourth-order valence-electron chi connectivity index (χ4n) is 10.2. The molecule has 9 aromatic carbocycles. The van der Waals surface area contributed by atoms with Gasteiger partial charge in [-0.15, -0.1) is 0 Å². The summed E-state index contributed by atoms with van der Waals surface area (Å²) in [5.74, 6) is 3.41. The van der Waals surface area contributed by atoms with Gasteiger partial charge < -0.3 is 9.64 Å². The lowest BCUT2D eigenvalue weighted by Gasteiger charge is -2.44. The molecule has 0 fully saturated rings. The number of aromatic nitrogens is 4. The van der Waals surface area contributed by atoms with Crippen LogP contribution < -0.4 is 9.64 Å². The van der Waals surface area contributed by atoms with Gasteiger partial charge in [-0.25, -0.2) is 4.98 Å². The van der Waals surface area contributed by atoms with Gasteiger partial charge in [0, 0.05) is 33.2 Å². The Morgan fingerprint density at radius 3 is 1.59 bits per heavy atom. The average Bonchev–Trinajstić information content (AvgIpc) is 3.81. The van der Waals surface area contributed by atoms with Gasteiger partial charge in [-0.1, -0.05) is 176 Å². The molecular weight excluding hydrogens is 783 g/mol. The van der Waals surface area contributed by atoms with Gasteiger partial charge in [0.2, 0.25) is 5.95 Å². The molecular formula is C58H37N5O. The van der Waals surface area contributed by atoms with Crippen molar-refractivity contribution in [1.82, 2.24) is 19.5 Å². The summed E-state index contributed by atoms with van der Waals surface area (Å²) in [6, 6.07) is 79.0. The molecule has 0 atom stereocenters. The third-order valence-corrected chi connectivity index (χ3v) is 12.9. The monoisotopic (exact) mass is 819 g/mol. The van der Waals surface area contributed by atoms with Crippen LogP contribution in [0.3, 0.4) is 0 Å². The maximum Gasteiger partial charge on any atom is 0.238 e. The topological polar surface area (TPSA) is 56.1 Å². The third-order valence-electron chi connectivity index (χ3n) is 12.9. The minimum Gasteiger partial charge on any atom is -0.455 e. The summed E-state index contributed by atoms with van der Waals surface area (Å²) in [7, 11) is 0. The molecule has 0 amide bonds. The minimum atomic E-state index is -0.714. The van der Waals surface area contributed by atoms with E-state index in [2.05, 4.69) is 173 Å². The van der Waals surface area contributed by atoms with E-state index >= 15 is 0 Å². The van der Waals surface area contributed by atoms with Crippen molar-refractivity contribution < 1.29 is 4.74 Å². The van der Waals surface area contributed by atoms with Gasteiger partial charge in [0.25, 0.3) is 0 Å². The molecule has 6 nitrogen and oxygen atoms in total. The predicted octanol–water partition coefficient (Wildman–Crippen LogP) is 14.2. The zero-order valence-electron chi connectivity index (χ0n) is 34.5. The maximum absolute atomic E-state index is 7.18. The zero-order chi connectivity index (χ0) is 42.2. The van der Waals surface area contributed by atoms with Crippen LogP contribution in [0.2, 0.25) is 0 Å². The number of nitrogens with zero attached hydrogens (tertiary/aromatic N) is 5. The number of fused-ring (bicyclic) bond motifs is 11. The number of rotatable bonds is 5. The van der Waals surface area contributed by atoms with Gasteiger partial charge >= 0.3 is 0 Å². The molecule has 0 N–H and O–H groups in total. The van der Waals surface area contributed by atoms with E-state index < -0.39 is 5.54 Å². The standard InChI is InChI=1S/C58H37N5O/c1-4-18-38(19-5-1)55-59-56(39-20-6-2-7-21-39)61-57(60-55)62-50-30-16-12-26-45(50)46-36-40(32-34-51(46)62)41-33-35-52-54(37-41)64-53-31-17-15-29-49(53)58(63(52)42-22-8-3-9-23-42)47-27-13-10-24-43(47)44-25-11-14-28-48(44)58/h1-37H. The number of benzene rings is 9. The molecule has 1 aliphatic heterocycles. The van der Waals surface area contributed by atoms with Gasteiger partial charge in [-0.05, 0) is 81.9 Å². The van der Waals surface area contributed by atoms with Crippen molar-refractivity contribution in [3.63, 3.8) is 0 Å². The lowest BCUT2D eigenvalue weighted by molar-refractivity contribution is 0.480. The SMILES string of the molecule is c1ccc(-c2nc(-c3ccccc3)nc(-n3c4ccccc4c4cc(-c5ccc6c(c5)Oc5ccccc5C5(c7ccccc7-c7ccccc75)N6c5ccccc5)ccc43)n2)cc1. The van der Waals surface area contributed by atoms with Crippen LogP contribution in [0.25, 0.3) is 72.8 Å². The van der Waals surface area contributed by atoms with Crippen molar-refractivity contribution >= 4 is 33.2 Å². The van der Waals surface area contributed by atoms with E-state index in [4.69, 9.17) is 19.7 Å². The normalized spacial score (nSPS) is 13.2. The van der Waals surface area contributed by atoms with E-state index in [1.165, 1.54) is 22.3 Å². The summed E-state index contributed by atoms with van der Waals surface area (Å²) in [6.45, 7) is 0. The summed E-state index contributed by atoms with van der Waals surface area (Å²) < 4.78 is 9.35. The van der Waals surface area contributed by atoms with Crippen LogP contribution in [0.15, 0.2) is 224 Å². The number of anilines is 2.